The minimum absolute atomic E-state index is 0.338. The van der Waals surface area contributed by atoms with Gasteiger partial charge in [-0.2, -0.15) is 0 Å². The van der Waals surface area contributed by atoms with Crippen LogP contribution in [0, 0.1) is 6.92 Å². The molecule has 2 rings (SSSR count). The quantitative estimate of drug-likeness (QED) is 0.756. The lowest BCUT2D eigenvalue weighted by Gasteiger charge is -2.06. The summed E-state index contributed by atoms with van der Waals surface area (Å²) in [5, 5.41) is 0. The minimum Gasteiger partial charge on any atom is -0.424 e. The van der Waals surface area contributed by atoms with Crippen molar-refractivity contribution in [2.45, 2.75) is 6.92 Å². The number of hydrogen-bond donors (Lipinski definition) is 1. The van der Waals surface area contributed by atoms with E-state index in [2.05, 4.69) is 9.97 Å². The van der Waals surface area contributed by atoms with E-state index in [-0.39, 0.29) is 0 Å². The number of nitrogens with zero attached hydrogens (tertiary/aromatic N) is 2. The third-order valence-electron chi connectivity index (χ3n) is 1.94. The maximum absolute atomic E-state index is 5.63. The first-order valence-electron chi connectivity index (χ1n) is 4.57. The van der Waals surface area contributed by atoms with Gasteiger partial charge in [-0.25, -0.2) is 9.97 Å². The van der Waals surface area contributed by atoms with Gasteiger partial charge in [0.1, 0.15) is 5.75 Å². The van der Waals surface area contributed by atoms with Crippen molar-refractivity contribution in [3.63, 3.8) is 0 Å². The van der Waals surface area contributed by atoms with Crippen LogP contribution in [0.5, 0.6) is 11.8 Å². The number of aromatic nitrogens is 2. The van der Waals surface area contributed by atoms with Gasteiger partial charge in [-0.15, -0.1) is 0 Å². The third kappa shape index (κ3) is 2.22. The summed E-state index contributed by atoms with van der Waals surface area (Å²) in [7, 11) is 0. The Morgan fingerprint density at radius 3 is 2.60 bits per heavy atom. The van der Waals surface area contributed by atoms with Crippen molar-refractivity contribution in [2.75, 3.05) is 5.73 Å². The molecule has 0 atom stereocenters. The molecule has 0 fully saturated rings. The summed E-state index contributed by atoms with van der Waals surface area (Å²) in [6, 6.07) is 7.51. The molecule has 0 aliphatic carbocycles. The summed E-state index contributed by atoms with van der Waals surface area (Å²) in [6.07, 6.45) is 3.27. The molecule has 0 spiro atoms. The normalized spacial score (nSPS) is 9.93. The average molecular weight is 201 g/mol. The van der Waals surface area contributed by atoms with Crippen molar-refractivity contribution in [3.8, 4) is 11.8 Å². The van der Waals surface area contributed by atoms with Crippen LogP contribution in [-0.2, 0) is 0 Å². The maximum Gasteiger partial charge on any atom is 0.321 e. The van der Waals surface area contributed by atoms with Gasteiger partial charge in [0.2, 0.25) is 0 Å². The van der Waals surface area contributed by atoms with Crippen LogP contribution in [0.15, 0.2) is 36.7 Å². The van der Waals surface area contributed by atoms with Gasteiger partial charge in [-0.05, 0) is 36.8 Å². The van der Waals surface area contributed by atoms with Gasteiger partial charge in [0.05, 0.1) is 0 Å². The van der Waals surface area contributed by atoms with Gasteiger partial charge in [-0.3, -0.25) is 0 Å². The molecule has 0 saturated carbocycles. The van der Waals surface area contributed by atoms with Crippen LogP contribution >= 0.6 is 0 Å². The fraction of sp³-hybridized carbons (Fsp3) is 0.0909. The SMILES string of the molecule is Cc1cc(N)ccc1Oc1ncccn1. The monoisotopic (exact) mass is 201 g/mol. The van der Waals surface area contributed by atoms with Crippen molar-refractivity contribution < 1.29 is 4.74 Å². The Labute approximate surface area is 87.7 Å². The van der Waals surface area contributed by atoms with Crippen molar-refractivity contribution in [1.29, 1.82) is 0 Å². The number of rotatable bonds is 2. The molecule has 4 heteroatoms. The third-order valence-corrected chi connectivity index (χ3v) is 1.94. The predicted molar refractivity (Wildman–Crippen MR) is 57.7 cm³/mol. The average Bonchev–Trinajstić information content (AvgIpc) is 2.24. The summed E-state index contributed by atoms with van der Waals surface area (Å²) >= 11 is 0. The molecule has 2 aromatic rings. The number of ether oxygens (including phenoxy) is 1. The number of anilines is 1. The fourth-order valence-electron chi connectivity index (χ4n) is 1.22. The van der Waals surface area contributed by atoms with Crippen molar-refractivity contribution >= 4 is 5.69 Å². The lowest BCUT2D eigenvalue weighted by Crippen LogP contribution is -1.93. The highest BCUT2D eigenvalue weighted by Gasteiger charge is 2.02. The first-order chi connectivity index (χ1) is 7.25. The number of aryl methyl sites for hydroxylation is 1. The van der Waals surface area contributed by atoms with Gasteiger partial charge >= 0.3 is 6.01 Å². The maximum atomic E-state index is 5.63. The molecule has 0 bridgehead atoms. The van der Waals surface area contributed by atoms with Crippen molar-refractivity contribution in [2.24, 2.45) is 0 Å². The second-order valence-electron chi connectivity index (χ2n) is 3.16. The van der Waals surface area contributed by atoms with Crippen LogP contribution < -0.4 is 10.5 Å². The van der Waals surface area contributed by atoms with Crippen LogP contribution in [-0.4, -0.2) is 9.97 Å². The number of nitrogens with two attached hydrogens (primary N) is 1. The molecule has 0 unspecified atom stereocenters. The largest absolute Gasteiger partial charge is 0.424 e. The van der Waals surface area contributed by atoms with Gasteiger partial charge in [-0.1, -0.05) is 0 Å². The Balaban J connectivity index is 2.25. The second-order valence-corrected chi connectivity index (χ2v) is 3.16. The van der Waals surface area contributed by atoms with E-state index in [9.17, 15) is 0 Å². The Morgan fingerprint density at radius 2 is 1.93 bits per heavy atom. The number of nitrogen functional groups attached to an aromatic ring is 1. The molecule has 0 amide bonds. The second kappa shape index (κ2) is 3.96. The molecule has 2 N–H and O–H groups in total. The Morgan fingerprint density at radius 1 is 1.20 bits per heavy atom. The van der Waals surface area contributed by atoms with Gasteiger partial charge in [0.25, 0.3) is 0 Å². The van der Waals surface area contributed by atoms with E-state index in [0.29, 0.717) is 11.7 Å². The van der Waals surface area contributed by atoms with E-state index in [1.165, 1.54) is 0 Å². The Hall–Kier alpha value is -2.10. The topological polar surface area (TPSA) is 61.0 Å². The first kappa shape index (κ1) is 9.45. The Kier molecular flexibility index (Phi) is 2.49. The van der Waals surface area contributed by atoms with Crippen LogP contribution in [0.1, 0.15) is 5.56 Å². The standard InChI is InChI=1S/C11H11N3O/c1-8-7-9(12)3-4-10(8)15-11-13-5-2-6-14-11/h2-7H,12H2,1H3. The van der Waals surface area contributed by atoms with E-state index in [4.69, 9.17) is 10.5 Å². The van der Waals surface area contributed by atoms with E-state index >= 15 is 0 Å². The van der Waals surface area contributed by atoms with Crippen LogP contribution in [0.4, 0.5) is 5.69 Å². The molecule has 4 nitrogen and oxygen atoms in total. The van der Waals surface area contributed by atoms with Gasteiger partial charge in [0, 0.05) is 18.1 Å². The van der Waals surface area contributed by atoms with E-state index in [0.717, 1.165) is 11.3 Å². The zero-order chi connectivity index (χ0) is 10.7. The zero-order valence-electron chi connectivity index (χ0n) is 8.34. The highest BCUT2D eigenvalue weighted by molar-refractivity contribution is 5.47. The summed E-state index contributed by atoms with van der Waals surface area (Å²) in [5.41, 5.74) is 7.31. The first-order valence-corrected chi connectivity index (χ1v) is 4.57. The van der Waals surface area contributed by atoms with Crippen LogP contribution in [0.2, 0.25) is 0 Å². The highest BCUT2D eigenvalue weighted by Crippen LogP contribution is 2.23. The number of benzene rings is 1. The molecule has 0 aliphatic rings. The molecular weight excluding hydrogens is 190 g/mol. The van der Waals surface area contributed by atoms with E-state index in [1.807, 2.05) is 13.0 Å². The van der Waals surface area contributed by atoms with Crippen LogP contribution in [0.3, 0.4) is 0 Å². The van der Waals surface area contributed by atoms with E-state index in [1.54, 1.807) is 30.6 Å². The van der Waals surface area contributed by atoms with Gasteiger partial charge in [0.15, 0.2) is 0 Å². The molecule has 1 heterocycles. The lowest BCUT2D eigenvalue weighted by atomic mass is 10.2. The lowest BCUT2D eigenvalue weighted by molar-refractivity contribution is 0.438. The molecule has 15 heavy (non-hydrogen) atoms. The van der Waals surface area contributed by atoms with Crippen LogP contribution in [0.25, 0.3) is 0 Å². The van der Waals surface area contributed by atoms with E-state index < -0.39 is 0 Å². The summed E-state index contributed by atoms with van der Waals surface area (Å²) in [4.78, 5) is 7.95. The zero-order valence-corrected chi connectivity index (χ0v) is 8.34. The Bertz CT molecular complexity index is 457. The molecule has 1 aromatic carbocycles. The molecular formula is C11H11N3O. The molecule has 0 aliphatic heterocycles. The minimum atomic E-state index is 0.338. The molecule has 76 valence electrons. The summed E-state index contributed by atoms with van der Waals surface area (Å²) < 4.78 is 5.49. The predicted octanol–water partition coefficient (Wildman–Crippen LogP) is 2.16. The molecule has 0 radical (unpaired) electrons. The highest BCUT2D eigenvalue weighted by atomic mass is 16.5. The number of hydrogen-bond acceptors (Lipinski definition) is 4. The van der Waals surface area contributed by atoms with Crippen molar-refractivity contribution in [3.05, 3.63) is 42.2 Å². The smallest absolute Gasteiger partial charge is 0.321 e. The summed E-state index contributed by atoms with van der Waals surface area (Å²) in [5.74, 6) is 0.718. The fourth-order valence-corrected chi connectivity index (χ4v) is 1.22. The molecule has 1 aromatic heterocycles. The van der Waals surface area contributed by atoms with Gasteiger partial charge < -0.3 is 10.5 Å². The van der Waals surface area contributed by atoms with Crippen molar-refractivity contribution in [1.82, 2.24) is 9.97 Å². The molecule has 0 saturated heterocycles. The summed E-state index contributed by atoms with van der Waals surface area (Å²) in [6.45, 7) is 1.93.